The second kappa shape index (κ2) is 9.97. The van der Waals surface area contributed by atoms with Crippen molar-refractivity contribution in [2.75, 3.05) is 12.4 Å². The van der Waals surface area contributed by atoms with Gasteiger partial charge in [-0.3, -0.25) is 10.1 Å². The predicted octanol–water partition coefficient (Wildman–Crippen LogP) is 6.32. The fraction of sp³-hybridized carbons (Fsp3) is 0.0800. The second-order valence-electron chi connectivity index (χ2n) is 7.39. The van der Waals surface area contributed by atoms with Crippen LogP contribution >= 0.6 is 39.7 Å². The number of rotatable bonds is 4. The van der Waals surface area contributed by atoms with Crippen molar-refractivity contribution in [3.8, 4) is 16.9 Å². The zero-order chi connectivity index (χ0) is 24.4. The van der Waals surface area contributed by atoms with Gasteiger partial charge in [-0.05, 0) is 61.1 Å². The van der Waals surface area contributed by atoms with E-state index in [9.17, 15) is 9.59 Å². The largest absolute Gasteiger partial charge is 0.496 e. The van der Waals surface area contributed by atoms with Gasteiger partial charge in [-0.2, -0.15) is 0 Å². The molecule has 0 spiro atoms. The lowest BCUT2D eigenvalue weighted by atomic mass is 10.1. The third-order valence-electron chi connectivity index (χ3n) is 5.07. The maximum absolute atomic E-state index is 12.8. The van der Waals surface area contributed by atoms with Crippen LogP contribution in [0.3, 0.4) is 0 Å². The van der Waals surface area contributed by atoms with Crippen LogP contribution in [-0.2, 0) is 0 Å². The number of hydrogen-bond donors (Lipinski definition) is 2. The average Bonchev–Trinajstić information content (AvgIpc) is 2.78. The SMILES string of the molecule is COc1c(C)cc(Br)cc1C(=O)NC(=S)Nc1ccc(-c2cc3ccccc3oc2=O)c(Cl)c1. The number of aryl methyl sites for hydroxylation is 1. The van der Waals surface area contributed by atoms with Gasteiger partial charge in [0.2, 0.25) is 0 Å². The number of hydrogen-bond acceptors (Lipinski definition) is 5. The molecule has 6 nitrogen and oxygen atoms in total. The molecule has 0 fully saturated rings. The van der Waals surface area contributed by atoms with Gasteiger partial charge in [-0.15, -0.1) is 0 Å². The Morgan fingerprint density at radius 2 is 1.85 bits per heavy atom. The van der Waals surface area contributed by atoms with E-state index in [1.54, 1.807) is 42.5 Å². The van der Waals surface area contributed by atoms with Gasteiger partial charge in [0.15, 0.2) is 5.11 Å². The molecular formula is C25H18BrClN2O4S. The summed E-state index contributed by atoms with van der Waals surface area (Å²) in [4.78, 5) is 25.3. The molecule has 9 heteroatoms. The number of methoxy groups -OCH3 is 1. The average molecular weight is 558 g/mol. The number of thiocarbonyl (C=S) groups is 1. The van der Waals surface area contributed by atoms with Crippen molar-refractivity contribution in [2.24, 2.45) is 0 Å². The third-order valence-corrected chi connectivity index (χ3v) is 6.05. The van der Waals surface area contributed by atoms with Gasteiger partial charge in [0.1, 0.15) is 11.3 Å². The summed E-state index contributed by atoms with van der Waals surface area (Å²) in [6.45, 7) is 1.84. The smallest absolute Gasteiger partial charge is 0.344 e. The first kappa shape index (κ1) is 23.9. The number of carbonyl (C=O) groups is 1. The van der Waals surface area contributed by atoms with Crippen LogP contribution in [0.4, 0.5) is 5.69 Å². The maximum atomic E-state index is 12.8. The Kier molecular flexibility index (Phi) is 7.02. The molecule has 0 bridgehead atoms. The molecule has 0 radical (unpaired) electrons. The quantitative estimate of drug-likeness (QED) is 0.226. The number of halogens is 2. The minimum Gasteiger partial charge on any atom is -0.496 e. The van der Waals surface area contributed by atoms with Crippen LogP contribution in [0, 0.1) is 6.92 Å². The Morgan fingerprint density at radius 3 is 2.59 bits per heavy atom. The molecule has 1 amide bonds. The fourth-order valence-electron chi connectivity index (χ4n) is 3.56. The van der Waals surface area contributed by atoms with Gasteiger partial charge >= 0.3 is 5.63 Å². The highest BCUT2D eigenvalue weighted by molar-refractivity contribution is 9.10. The van der Waals surface area contributed by atoms with E-state index < -0.39 is 11.5 Å². The van der Waals surface area contributed by atoms with E-state index in [4.69, 9.17) is 33.0 Å². The van der Waals surface area contributed by atoms with E-state index in [1.165, 1.54) is 7.11 Å². The summed E-state index contributed by atoms with van der Waals surface area (Å²) in [5.41, 5.74) is 2.59. The van der Waals surface area contributed by atoms with Crippen LogP contribution in [0.2, 0.25) is 5.02 Å². The Balaban J connectivity index is 1.53. The topological polar surface area (TPSA) is 80.6 Å². The molecule has 0 atom stereocenters. The van der Waals surface area contributed by atoms with Crippen molar-refractivity contribution < 1.29 is 13.9 Å². The number of benzene rings is 3. The summed E-state index contributed by atoms with van der Waals surface area (Å²) >= 11 is 15.2. The van der Waals surface area contributed by atoms with Gasteiger partial charge in [0, 0.05) is 21.1 Å². The Labute approximate surface area is 214 Å². The van der Waals surface area contributed by atoms with Crippen molar-refractivity contribution in [3.63, 3.8) is 0 Å². The molecule has 1 heterocycles. The number of fused-ring (bicyclic) bond motifs is 1. The van der Waals surface area contributed by atoms with Crippen LogP contribution in [0.5, 0.6) is 5.75 Å². The lowest BCUT2D eigenvalue weighted by Gasteiger charge is -2.14. The second-order valence-corrected chi connectivity index (χ2v) is 9.12. The molecular weight excluding hydrogens is 540 g/mol. The third kappa shape index (κ3) is 4.99. The lowest BCUT2D eigenvalue weighted by Crippen LogP contribution is -2.34. The first-order valence-corrected chi connectivity index (χ1v) is 11.6. The highest BCUT2D eigenvalue weighted by atomic mass is 79.9. The normalized spacial score (nSPS) is 10.7. The summed E-state index contributed by atoms with van der Waals surface area (Å²) in [7, 11) is 1.50. The molecule has 0 aliphatic rings. The minimum atomic E-state index is -0.484. The Hall–Kier alpha value is -3.20. The van der Waals surface area contributed by atoms with Crippen LogP contribution < -0.4 is 21.0 Å². The predicted molar refractivity (Wildman–Crippen MR) is 142 cm³/mol. The molecule has 2 N–H and O–H groups in total. The number of amides is 1. The van der Waals surface area contributed by atoms with Crippen molar-refractivity contribution in [1.29, 1.82) is 0 Å². The van der Waals surface area contributed by atoms with E-state index in [-0.39, 0.29) is 5.11 Å². The van der Waals surface area contributed by atoms with Crippen molar-refractivity contribution in [3.05, 3.63) is 91.7 Å². The van der Waals surface area contributed by atoms with E-state index in [0.717, 1.165) is 15.4 Å². The lowest BCUT2D eigenvalue weighted by molar-refractivity contribution is 0.0974. The zero-order valence-corrected chi connectivity index (χ0v) is 21.2. The van der Waals surface area contributed by atoms with Crippen LogP contribution in [0.15, 0.2) is 74.3 Å². The molecule has 0 aliphatic heterocycles. The molecule has 1 aromatic heterocycles. The van der Waals surface area contributed by atoms with Gasteiger partial charge in [0.05, 0.1) is 23.3 Å². The molecule has 4 rings (SSSR count). The molecule has 0 unspecified atom stereocenters. The minimum absolute atomic E-state index is 0.0821. The molecule has 0 aliphatic carbocycles. The summed E-state index contributed by atoms with van der Waals surface area (Å²) < 4.78 is 11.5. The van der Waals surface area contributed by atoms with Crippen molar-refractivity contribution in [2.45, 2.75) is 6.92 Å². The van der Waals surface area contributed by atoms with Crippen molar-refractivity contribution in [1.82, 2.24) is 5.32 Å². The standard InChI is InChI=1S/C25H18BrClN2O4S/c1-13-9-15(26)11-19(22(13)32-2)23(30)29-25(34)28-16-7-8-17(20(27)12-16)18-10-14-5-3-4-6-21(14)33-24(18)31/h3-12H,1-2H3,(H2,28,29,30,34). The first-order valence-electron chi connectivity index (χ1n) is 10.1. The van der Waals surface area contributed by atoms with Gasteiger partial charge in [-0.1, -0.05) is 51.8 Å². The molecule has 0 saturated carbocycles. The van der Waals surface area contributed by atoms with Crippen LogP contribution in [0.25, 0.3) is 22.1 Å². The summed E-state index contributed by atoms with van der Waals surface area (Å²) in [5, 5.41) is 6.77. The van der Waals surface area contributed by atoms with E-state index in [1.807, 2.05) is 25.1 Å². The van der Waals surface area contributed by atoms with Gasteiger partial charge in [0.25, 0.3) is 5.91 Å². The Bertz CT molecular complexity index is 1500. The highest BCUT2D eigenvalue weighted by Crippen LogP contribution is 2.31. The number of ether oxygens (including phenoxy) is 1. The first-order chi connectivity index (χ1) is 16.3. The van der Waals surface area contributed by atoms with Crippen molar-refractivity contribution >= 4 is 67.4 Å². The molecule has 4 aromatic rings. The molecule has 172 valence electrons. The Morgan fingerprint density at radius 1 is 1.09 bits per heavy atom. The monoisotopic (exact) mass is 556 g/mol. The highest BCUT2D eigenvalue weighted by Gasteiger charge is 2.17. The summed E-state index contributed by atoms with van der Waals surface area (Å²) in [5.74, 6) is 0.0420. The number of nitrogens with one attached hydrogen (secondary N) is 2. The van der Waals surface area contributed by atoms with Crippen LogP contribution in [0.1, 0.15) is 15.9 Å². The van der Waals surface area contributed by atoms with E-state index >= 15 is 0 Å². The van der Waals surface area contributed by atoms with Gasteiger partial charge < -0.3 is 14.5 Å². The fourth-order valence-corrected chi connectivity index (χ4v) is 4.63. The number of para-hydroxylation sites is 1. The molecule has 3 aromatic carbocycles. The summed E-state index contributed by atoms with van der Waals surface area (Å²) in [6.07, 6.45) is 0. The summed E-state index contributed by atoms with van der Waals surface area (Å²) in [6, 6.07) is 17.5. The number of carbonyl (C=O) groups excluding carboxylic acids is 1. The van der Waals surface area contributed by atoms with E-state index in [0.29, 0.717) is 38.7 Å². The zero-order valence-electron chi connectivity index (χ0n) is 18.1. The van der Waals surface area contributed by atoms with E-state index in [2.05, 4.69) is 26.6 Å². The molecule has 0 saturated heterocycles. The maximum Gasteiger partial charge on any atom is 0.344 e. The van der Waals surface area contributed by atoms with Gasteiger partial charge in [-0.25, -0.2) is 4.79 Å². The molecule has 34 heavy (non-hydrogen) atoms. The van der Waals surface area contributed by atoms with Crippen LogP contribution in [-0.4, -0.2) is 18.1 Å². The number of anilines is 1.